The molecule has 1 aromatic heterocycles. The van der Waals surface area contributed by atoms with Gasteiger partial charge in [0.25, 0.3) is 5.91 Å². The normalized spacial score (nSPS) is 18.7. The molecule has 1 aromatic carbocycles. The van der Waals surface area contributed by atoms with Gasteiger partial charge in [-0.2, -0.15) is 5.10 Å². The lowest BCUT2D eigenvalue weighted by molar-refractivity contribution is -0.141. The van der Waals surface area contributed by atoms with Crippen LogP contribution in [0.4, 0.5) is 0 Å². The Morgan fingerprint density at radius 2 is 2.00 bits per heavy atom. The second-order valence-electron chi connectivity index (χ2n) is 7.22. The summed E-state index contributed by atoms with van der Waals surface area (Å²) in [5.74, 6) is 1.33. The summed E-state index contributed by atoms with van der Waals surface area (Å²) in [6.45, 7) is 0.00589. The Hall–Kier alpha value is -3.09. The van der Waals surface area contributed by atoms with Crippen LogP contribution in [0.1, 0.15) is 36.6 Å². The van der Waals surface area contributed by atoms with E-state index in [1.165, 1.54) is 9.91 Å². The average molecular weight is 381 g/mol. The Bertz CT molecular complexity index is 885. The highest BCUT2D eigenvalue weighted by Crippen LogP contribution is 2.34. The monoisotopic (exact) mass is 381 g/mol. The Kier molecular flexibility index (Phi) is 4.90. The minimum absolute atomic E-state index is 0.00589. The molecule has 1 fully saturated rings. The van der Waals surface area contributed by atoms with E-state index in [0.717, 1.165) is 29.9 Å². The minimum Gasteiger partial charge on any atom is -0.497 e. The van der Waals surface area contributed by atoms with E-state index in [9.17, 15) is 9.59 Å². The third kappa shape index (κ3) is 3.65. The van der Waals surface area contributed by atoms with Crippen LogP contribution in [0, 0.1) is 5.92 Å². The summed E-state index contributed by atoms with van der Waals surface area (Å²) in [4.78, 5) is 26.7. The Balaban J connectivity index is 1.55. The lowest BCUT2D eigenvalue weighted by Crippen LogP contribution is -2.39. The van der Waals surface area contributed by atoms with Crippen LogP contribution in [-0.2, 0) is 9.59 Å². The molecular formula is C21H23N3O4. The molecule has 2 heterocycles. The van der Waals surface area contributed by atoms with Gasteiger partial charge in [-0.3, -0.25) is 9.59 Å². The highest BCUT2D eigenvalue weighted by Gasteiger charge is 2.37. The van der Waals surface area contributed by atoms with Gasteiger partial charge in [0.15, 0.2) is 0 Å². The first-order chi connectivity index (χ1) is 13.6. The van der Waals surface area contributed by atoms with Crippen LogP contribution in [0.15, 0.2) is 52.2 Å². The van der Waals surface area contributed by atoms with E-state index in [2.05, 4.69) is 5.10 Å². The lowest BCUT2D eigenvalue weighted by atomic mass is 10.0. The number of ether oxygens (including phenoxy) is 1. The number of carbonyl (C=O) groups is 2. The van der Waals surface area contributed by atoms with Crippen LogP contribution in [0.3, 0.4) is 0 Å². The number of hydrogen-bond donors (Lipinski definition) is 0. The molecule has 2 aliphatic rings. The maximum absolute atomic E-state index is 12.9. The molecule has 1 unspecified atom stereocenters. The molecule has 0 saturated heterocycles. The van der Waals surface area contributed by atoms with Gasteiger partial charge in [0.05, 0.1) is 19.1 Å². The van der Waals surface area contributed by atoms with Gasteiger partial charge < -0.3 is 14.1 Å². The first-order valence-corrected chi connectivity index (χ1v) is 9.39. The third-order valence-electron chi connectivity index (χ3n) is 5.14. The summed E-state index contributed by atoms with van der Waals surface area (Å²) in [5.41, 5.74) is 1.73. The van der Waals surface area contributed by atoms with E-state index >= 15 is 0 Å². The number of hydrazone groups is 1. The summed E-state index contributed by atoms with van der Waals surface area (Å²) >= 11 is 0. The van der Waals surface area contributed by atoms with E-state index < -0.39 is 0 Å². The lowest BCUT2D eigenvalue weighted by Gasteiger charge is -2.23. The van der Waals surface area contributed by atoms with Crippen molar-refractivity contribution in [2.75, 3.05) is 20.7 Å². The highest BCUT2D eigenvalue weighted by molar-refractivity contribution is 6.03. The first kappa shape index (κ1) is 18.3. The average Bonchev–Trinajstić information content (AvgIpc) is 3.23. The van der Waals surface area contributed by atoms with Gasteiger partial charge in [0.2, 0.25) is 5.91 Å². The van der Waals surface area contributed by atoms with Gasteiger partial charge in [-0.25, -0.2) is 5.01 Å². The molecule has 2 aromatic rings. The van der Waals surface area contributed by atoms with Gasteiger partial charge >= 0.3 is 0 Å². The van der Waals surface area contributed by atoms with Gasteiger partial charge in [0, 0.05) is 19.4 Å². The number of likely N-dealkylation sites (N-methyl/N-ethyl adjacent to an activating group) is 1. The summed E-state index contributed by atoms with van der Waals surface area (Å²) in [6, 6.07) is 10.9. The van der Waals surface area contributed by atoms with E-state index in [1.807, 2.05) is 30.3 Å². The minimum atomic E-state index is -0.316. The molecule has 7 heteroatoms. The summed E-state index contributed by atoms with van der Waals surface area (Å²) in [7, 11) is 3.29. The molecule has 1 aliphatic carbocycles. The van der Waals surface area contributed by atoms with E-state index in [-0.39, 0.29) is 30.3 Å². The second-order valence-corrected chi connectivity index (χ2v) is 7.22. The summed E-state index contributed by atoms with van der Waals surface area (Å²) < 4.78 is 10.8. The SMILES string of the molecule is COc1ccc(C2=NN(C(=O)CN(C)C(=O)C3CC3)C(c3ccco3)C2)cc1. The van der Waals surface area contributed by atoms with E-state index in [0.29, 0.717) is 12.2 Å². The molecule has 0 N–H and O–H groups in total. The van der Waals surface area contributed by atoms with Crippen molar-refractivity contribution in [1.82, 2.24) is 9.91 Å². The fraction of sp³-hybridized carbons (Fsp3) is 0.381. The Morgan fingerprint density at radius 3 is 2.61 bits per heavy atom. The number of benzene rings is 1. The molecule has 0 radical (unpaired) electrons. The van der Waals surface area contributed by atoms with Crippen molar-refractivity contribution in [2.45, 2.75) is 25.3 Å². The maximum Gasteiger partial charge on any atom is 0.262 e. The largest absolute Gasteiger partial charge is 0.497 e. The van der Waals surface area contributed by atoms with Crippen LogP contribution in [0.5, 0.6) is 5.75 Å². The molecule has 4 rings (SSSR count). The molecule has 1 aliphatic heterocycles. The number of nitrogens with zero attached hydrogens (tertiary/aromatic N) is 3. The van der Waals surface area contributed by atoms with Crippen molar-refractivity contribution in [1.29, 1.82) is 0 Å². The number of methoxy groups -OCH3 is 1. The predicted octanol–water partition coefficient (Wildman–Crippen LogP) is 2.83. The second kappa shape index (κ2) is 7.50. The molecular weight excluding hydrogens is 358 g/mol. The van der Waals surface area contributed by atoms with Gasteiger partial charge in [-0.15, -0.1) is 0 Å². The number of rotatable bonds is 6. The predicted molar refractivity (Wildman–Crippen MR) is 103 cm³/mol. The van der Waals surface area contributed by atoms with Gasteiger partial charge in [-0.05, 0) is 54.8 Å². The van der Waals surface area contributed by atoms with Gasteiger partial charge in [-0.1, -0.05) is 0 Å². The van der Waals surface area contributed by atoms with Crippen LogP contribution >= 0.6 is 0 Å². The molecule has 28 heavy (non-hydrogen) atoms. The fourth-order valence-electron chi connectivity index (χ4n) is 3.40. The van der Waals surface area contributed by atoms with Crippen molar-refractivity contribution in [3.63, 3.8) is 0 Å². The van der Waals surface area contributed by atoms with Crippen LogP contribution < -0.4 is 4.74 Å². The zero-order valence-electron chi connectivity index (χ0n) is 16.0. The first-order valence-electron chi connectivity index (χ1n) is 9.39. The number of furan rings is 1. The molecule has 1 saturated carbocycles. The number of carbonyl (C=O) groups excluding carboxylic acids is 2. The van der Waals surface area contributed by atoms with Crippen molar-refractivity contribution in [3.05, 3.63) is 54.0 Å². The van der Waals surface area contributed by atoms with Crippen LogP contribution in [0.2, 0.25) is 0 Å². The van der Waals surface area contributed by atoms with Crippen molar-refractivity contribution in [2.24, 2.45) is 11.0 Å². The summed E-state index contributed by atoms with van der Waals surface area (Å²) in [5, 5.41) is 6.04. The number of hydrogen-bond acceptors (Lipinski definition) is 5. The summed E-state index contributed by atoms with van der Waals surface area (Å²) in [6.07, 6.45) is 3.96. The zero-order valence-corrected chi connectivity index (χ0v) is 16.0. The standard InChI is InChI=1S/C21H23N3O4/c1-23(21(26)15-5-6-15)13-20(25)24-18(19-4-3-11-28-19)12-17(22-24)14-7-9-16(27-2)10-8-14/h3-4,7-11,15,18H,5-6,12-13H2,1-2H3. The smallest absolute Gasteiger partial charge is 0.262 e. The highest BCUT2D eigenvalue weighted by atomic mass is 16.5. The molecule has 0 bridgehead atoms. The fourth-order valence-corrected chi connectivity index (χ4v) is 3.40. The van der Waals surface area contributed by atoms with Gasteiger partial charge in [0.1, 0.15) is 24.1 Å². The topological polar surface area (TPSA) is 75.3 Å². The zero-order chi connectivity index (χ0) is 19.7. The van der Waals surface area contributed by atoms with Crippen molar-refractivity contribution in [3.8, 4) is 5.75 Å². The Labute approximate surface area is 163 Å². The molecule has 0 spiro atoms. The molecule has 1 atom stereocenters. The van der Waals surface area contributed by atoms with E-state index in [4.69, 9.17) is 9.15 Å². The third-order valence-corrected chi connectivity index (χ3v) is 5.14. The van der Waals surface area contributed by atoms with E-state index in [1.54, 1.807) is 26.5 Å². The molecule has 146 valence electrons. The quantitative estimate of drug-likeness (QED) is 0.771. The molecule has 2 amide bonds. The van der Waals surface area contributed by atoms with Crippen molar-refractivity contribution < 1.29 is 18.7 Å². The van der Waals surface area contributed by atoms with Crippen molar-refractivity contribution >= 4 is 17.5 Å². The van der Waals surface area contributed by atoms with Crippen LogP contribution in [-0.4, -0.2) is 48.1 Å². The Morgan fingerprint density at radius 1 is 1.25 bits per heavy atom. The van der Waals surface area contributed by atoms with Crippen LogP contribution in [0.25, 0.3) is 0 Å². The molecule has 7 nitrogen and oxygen atoms in total. The number of amides is 2. The maximum atomic E-state index is 12.9.